The van der Waals surface area contributed by atoms with Gasteiger partial charge < -0.3 is 10.1 Å². The van der Waals surface area contributed by atoms with Gasteiger partial charge >= 0.3 is 0 Å². The van der Waals surface area contributed by atoms with E-state index in [2.05, 4.69) is 16.9 Å². The number of ketones is 1. The SMILES string of the molecule is CCCCCCCCCCC(O)CC(=O)c1nc2ccccc2[nH]1. The fourth-order valence-corrected chi connectivity index (χ4v) is 3.01. The number of Topliss-reactive ketones (excluding diaryl/α,β-unsaturated/α-hetero) is 1. The molecule has 0 radical (unpaired) electrons. The number of rotatable bonds is 12. The van der Waals surface area contributed by atoms with Gasteiger partial charge in [0, 0.05) is 6.42 Å². The van der Waals surface area contributed by atoms with Crippen LogP contribution in [0.4, 0.5) is 0 Å². The fraction of sp³-hybridized carbons (Fsp3) is 0.600. The zero-order valence-electron chi connectivity index (χ0n) is 14.8. The molecule has 4 nitrogen and oxygen atoms in total. The van der Waals surface area contributed by atoms with Crippen LogP contribution in [-0.2, 0) is 0 Å². The van der Waals surface area contributed by atoms with Crippen molar-refractivity contribution in [2.75, 3.05) is 0 Å². The van der Waals surface area contributed by atoms with Crippen molar-refractivity contribution in [3.63, 3.8) is 0 Å². The molecule has 0 fully saturated rings. The molecular formula is C20H30N2O2. The van der Waals surface area contributed by atoms with Crippen LogP contribution < -0.4 is 0 Å². The van der Waals surface area contributed by atoms with Gasteiger partial charge in [-0.1, -0.05) is 70.4 Å². The molecule has 0 spiro atoms. The molecule has 1 atom stereocenters. The Kier molecular flexibility index (Phi) is 7.96. The van der Waals surface area contributed by atoms with E-state index in [-0.39, 0.29) is 12.2 Å². The van der Waals surface area contributed by atoms with Gasteiger partial charge in [0.25, 0.3) is 0 Å². The van der Waals surface area contributed by atoms with Crippen LogP contribution in [0.5, 0.6) is 0 Å². The Labute approximate surface area is 144 Å². The number of nitrogens with one attached hydrogen (secondary N) is 1. The third kappa shape index (κ3) is 6.08. The topological polar surface area (TPSA) is 66.0 Å². The second kappa shape index (κ2) is 10.2. The molecule has 0 bridgehead atoms. The molecule has 0 aliphatic rings. The van der Waals surface area contributed by atoms with E-state index in [1.54, 1.807) is 0 Å². The minimum atomic E-state index is -0.564. The number of imidazole rings is 1. The predicted molar refractivity (Wildman–Crippen MR) is 98.3 cm³/mol. The molecule has 2 aromatic rings. The third-order valence-corrected chi connectivity index (χ3v) is 4.47. The molecule has 0 amide bonds. The Hall–Kier alpha value is -1.68. The Balaban J connectivity index is 1.63. The van der Waals surface area contributed by atoms with Crippen LogP contribution in [0, 0.1) is 0 Å². The van der Waals surface area contributed by atoms with E-state index in [1.807, 2.05) is 24.3 Å². The minimum absolute atomic E-state index is 0.113. The number of unbranched alkanes of at least 4 members (excludes halogenated alkanes) is 7. The lowest BCUT2D eigenvalue weighted by atomic mass is 10.0. The number of nitrogens with zero attached hydrogens (tertiary/aromatic N) is 1. The Morgan fingerprint density at radius 1 is 1.08 bits per heavy atom. The van der Waals surface area contributed by atoms with Gasteiger partial charge in [-0.05, 0) is 18.6 Å². The summed E-state index contributed by atoms with van der Waals surface area (Å²) in [6.45, 7) is 2.23. The van der Waals surface area contributed by atoms with Gasteiger partial charge in [0.1, 0.15) is 0 Å². The number of carbonyl (C=O) groups is 1. The zero-order valence-corrected chi connectivity index (χ0v) is 14.8. The van der Waals surface area contributed by atoms with Crippen molar-refractivity contribution in [2.45, 2.75) is 77.2 Å². The summed E-state index contributed by atoms with van der Waals surface area (Å²) in [7, 11) is 0. The van der Waals surface area contributed by atoms with E-state index in [0.29, 0.717) is 12.2 Å². The first kappa shape index (κ1) is 18.7. The summed E-state index contributed by atoms with van der Waals surface area (Å²) in [5.74, 6) is 0.240. The van der Waals surface area contributed by atoms with Gasteiger partial charge in [-0.25, -0.2) is 4.98 Å². The highest BCUT2D eigenvalue weighted by Gasteiger charge is 2.16. The number of fused-ring (bicyclic) bond motifs is 1. The maximum atomic E-state index is 12.2. The minimum Gasteiger partial charge on any atom is -0.393 e. The van der Waals surface area contributed by atoms with Gasteiger partial charge in [0.2, 0.25) is 5.78 Å². The quantitative estimate of drug-likeness (QED) is 0.424. The largest absolute Gasteiger partial charge is 0.393 e. The second-order valence-corrected chi connectivity index (χ2v) is 6.65. The van der Waals surface area contributed by atoms with Crippen LogP contribution in [0.3, 0.4) is 0 Å². The number of hydrogen-bond donors (Lipinski definition) is 2. The van der Waals surface area contributed by atoms with Crippen LogP contribution in [0.2, 0.25) is 0 Å². The van der Waals surface area contributed by atoms with Crippen LogP contribution in [0.15, 0.2) is 24.3 Å². The van der Waals surface area contributed by atoms with E-state index in [4.69, 9.17) is 0 Å². The first-order chi connectivity index (χ1) is 11.7. The molecule has 1 aromatic heterocycles. The standard InChI is InChI=1S/C20H30N2O2/c1-2-3-4-5-6-7-8-9-12-16(23)15-19(24)20-21-17-13-10-11-14-18(17)22-20/h10-11,13-14,16,23H,2-9,12,15H2,1H3,(H,21,22). The van der Waals surface area contributed by atoms with Crippen molar-refractivity contribution in [3.8, 4) is 0 Å². The summed E-state index contributed by atoms with van der Waals surface area (Å²) in [6.07, 6.45) is 10.2. The van der Waals surface area contributed by atoms with Gasteiger partial charge in [-0.15, -0.1) is 0 Å². The number of aromatic amines is 1. The van der Waals surface area contributed by atoms with Crippen molar-refractivity contribution in [2.24, 2.45) is 0 Å². The molecule has 2 N–H and O–H groups in total. The Bertz CT molecular complexity index is 588. The molecule has 24 heavy (non-hydrogen) atoms. The van der Waals surface area contributed by atoms with Crippen LogP contribution in [0.1, 0.15) is 81.8 Å². The molecule has 132 valence electrons. The molecule has 4 heteroatoms. The van der Waals surface area contributed by atoms with Crippen LogP contribution >= 0.6 is 0 Å². The molecule has 1 heterocycles. The van der Waals surface area contributed by atoms with E-state index in [0.717, 1.165) is 23.9 Å². The van der Waals surface area contributed by atoms with Crippen molar-refractivity contribution in [1.82, 2.24) is 9.97 Å². The normalized spacial score (nSPS) is 12.6. The molecule has 0 saturated heterocycles. The number of hydrogen-bond acceptors (Lipinski definition) is 3. The van der Waals surface area contributed by atoms with Crippen molar-refractivity contribution in [1.29, 1.82) is 0 Å². The third-order valence-electron chi connectivity index (χ3n) is 4.47. The smallest absolute Gasteiger partial charge is 0.200 e. The highest BCUT2D eigenvalue weighted by atomic mass is 16.3. The fourth-order valence-electron chi connectivity index (χ4n) is 3.01. The number of carbonyl (C=O) groups excluding carboxylic acids is 1. The Morgan fingerprint density at radius 3 is 2.46 bits per heavy atom. The van der Waals surface area contributed by atoms with Crippen LogP contribution in [0.25, 0.3) is 11.0 Å². The van der Waals surface area contributed by atoms with Gasteiger partial charge in [0.05, 0.1) is 17.1 Å². The maximum absolute atomic E-state index is 12.2. The summed E-state index contributed by atoms with van der Waals surface area (Å²) in [6, 6.07) is 7.58. The molecular weight excluding hydrogens is 300 g/mol. The van der Waals surface area contributed by atoms with E-state index in [1.165, 1.54) is 38.5 Å². The predicted octanol–water partition coefficient (Wildman–Crippen LogP) is 5.03. The number of aliphatic hydroxyl groups is 1. The molecule has 0 aliphatic carbocycles. The number of aliphatic hydroxyl groups excluding tert-OH is 1. The van der Waals surface area contributed by atoms with Gasteiger partial charge in [-0.3, -0.25) is 4.79 Å². The highest BCUT2D eigenvalue weighted by molar-refractivity contribution is 5.95. The first-order valence-electron chi connectivity index (χ1n) is 9.36. The lowest BCUT2D eigenvalue weighted by molar-refractivity contribution is 0.0855. The van der Waals surface area contributed by atoms with Crippen molar-refractivity contribution < 1.29 is 9.90 Å². The monoisotopic (exact) mass is 330 g/mol. The molecule has 0 aliphatic heterocycles. The molecule has 1 aromatic carbocycles. The summed E-state index contributed by atoms with van der Waals surface area (Å²) >= 11 is 0. The maximum Gasteiger partial charge on any atom is 0.200 e. The molecule has 1 unspecified atom stereocenters. The number of para-hydroxylation sites is 2. The average Bonchev–Trinajstić information content (AvgIpc) is 3.01. The van der Waals surface area contributed by atoms with E-state index in [9.17, 15) is 9.90 Å². The van der Waals surface area contributed by atoms with E-state index < -0.39 is 6.10 Å². The van der Waals surface area contributed by atoms with Crippen molar-refractivity contribution in [3.05, 3.63) is 30.1 Å². The Morgan fingerprint density at radius 2 is 1.75 bits per heavy atom. The number of aromatic nitrogens is 2. The first-order valence-corrected chi connectivity index (χ1v) is 9.36. The number of benzene rings is 1. The van der Waals surface area contributed by atoms with Crippen molar-refractivity contribution >= 4 is 16.8 Å². The van der Waals surface area contributed by atoms with E-state index >= 15 is 0 Å². The number of H-pyrrole nitrogens is 1. The van der Waals surface area contributed by atoms with Gasteiger partial charge in [-0.2, -0.15) is 0 Å². The zero-order chi connectivity index (χ0) is 17.2. The molecule has 0 saturated carbocycles. The summed E-state index contributed by atoms with van der Waals surface area (Å²) in [4.78, 5) is 19.5. The average molecular weight is 330 g/mol. The summed E-state index contributed by atoms with van der Waals surface area (Å²) in [5, 5.41) is 10.1. The molecule has 2 rings (SSSR count). The van der Waals surface area contributed by atoms with Gasteiger partial charge in [0.15, 0.2) is 5.82 Å². The lowest BCUT2D eigenvalue weighted by Gasteiger charge is -2.08. The summed E-state index contributed by atoms with van der Waals surface area (Å²) in [5.41, 5.74) is 1.65. The highest BCUT2D eigenvalue weighted by Crippen LogP contribution is 2.15. The van der Waals surface area contributed by atoms with Crippen LogP contribution in [-0.4, -0.2) is 27.0 Å². The lowest BCUT2D eigenvalue weighted by Crippen LogP contribution is -2.14. The second-order valence-electron chi connectivity index (χ2n) is 6.65. The summed E-state index contributed by atoms with van der Waals surface area (Å²) < 4.78 is 0.